The molecule has 4 aliphatic rings. The molecule has 1 aromatic heterocycles. The first-order valence-electron chi connectivity index (χ1n) is 6.64. The number of nitrogens with zero attached hydrogens (tertiary/aromatic N) is 3. The van der Waals surface area contributed by atoms with Crippen LogP contribution in [0.3, 0.4) is 0 Å². The van der Waals surface area contributed by atoms with Crippen LogP contribution in [0.4, 0.5) is 5.95 Å². The summed E-state index contributed by atoms with van der Waals surface area (Å²) in [5.41, 5.74) is 6.09. The largest absolute Gasteiger partial charge is 0.257 e. The normalized spacial score (nSPS) is 38.6. The Morgan fingerprint density at radius 1 is 1.22 bits per heavy atom. The van der Waals surface area contributed by atoms with E-state index < -0.39 is 0 Å². The number of aromatic nitrogens is 2. The van der Waals surface area contributed by atoms with Gasteiger partial charge in [0.2, 0.25) is 0 Å². The van der Waals surface area contributed by atoms with Crippen molar-refractivity contribution in [1.29, 1.82) is 0 Å². The number of anilines is 1. The van der Waals surface area contributed by atoms with Crippen molar-refractivity contribution >= 4 is 5.95 Å². The van der Waals surface area contributed by atoms with E-state index >= 15 is 0 Å². The average molecular weight is 247 g/mol. The van der Waals surface area contributed by atoms with Gasteiger partial charge in [-0.05, 0) is 44.1 Å². The molecule has 4 fully saturated rings. The van der Waals surface area contributed by atoms with Gasteiger partial charge in [-0.2, -0.15) is 10.5 Å². The van der Waals surface area contributed by atoms with Crippen LogP contribution in [0, 0.1) is 11.8 Å². The summed E-state index contributed by atoms with van der Waals surface area (Å²) < 4.78 is 0. The van der Waals surface area contributed by atoms with Gasteiger partial charge in [-0.1, -0.05) is 5.59 Å². The maximum Gasteiger partial charge on any atom is 0.257 e. The van der Waals surface area contributed by atoms with E-state index in [2.05, 4.69) is 21.0 Å². The molecule has 2 heterocycles. The van der Waals surface area contributed by atoms with E-state index in [1.807, 2.05) is 0 Å². The van der Waals surface area contributed by atoms with Crippen LogP contribution in [0.1, 0.15) is 32.1 Å². The van der Waals surface area contributed by atoms with Crippen molar-refractivity contribution in [1.82, 2.24) is 21.0 Å². The molecule has 1 spiro atoms. The fourth-order valence-electron chi connectivity index (χ4n) is 3.55. The topological polar surface area (TPSA) is 62.3 Å². The van der Waals surface area contributed by atoms with E-state index in [-0.39, 0.29) is 5.72 Å². The zero-order valence-corrected chi connectivity index (χ0v) is 10.2. The maximum absolute atomic E-state index is 5.87. The van der Waals surface area contributed by atoms with Crippen LogP contribution in [0.15, 0.2) is 18.5 Å². The van der Waals surface area contributed by atoms with E-state index in [1.165, 1.54) is 25.7 Å². The Balaban J connectivity index is 1.57. The zero-order valence-electron chi connectivity index (χ0n) is 10.2. The molecule has 2 bridgehead atoms. The van der Waals surface area contributed by atoms with Crippen LogP contribution >= 0.6 is 0 Å². The van der Waals surface area contributed by atoms with Gasteiger partial charge in [0.15, 0.2) is 5.72 Å². The van der Waals surface area contributed by atoms with Gasteiger partial charge < -0.3 is 0 Å². The molecule has 1 unspecified atom stereocenters. The van der Waals surface area contributed by atoms with Crippen molar-refractivity contribution in [2.45, 2.75) is 37.8 Å². The number of hydrogen-bond donors (Lipinski definition) is 2. The molecule has 1 aliphatic heterocycles. The van der Waals surface area contributed by atoms with Gasteiger partial charge in [-0.15, -0.1) is 0 Å². The third-order valence-corrected chi connectivity index (χ3v) is 4.47. The number of fused-ring (bicyclic) bond motifs is 2. The summed E-state index contributed by atoms with van der Waals surface area (Å²) in [6.07, 6.45) is 9.73. The lowest BCUT2D eigenvalue weighted by atomic mass is 9.66. The van der Waals surface area contributed by atoms with Crippen molar-refractivity contribution in [2.75, 3.05) is 5.12 Å². The maximum atomic E-state index is 5.87. The molecule has 96 valence electrons. The molecule has 6 nitrogen and oxygen atoms in total. The molecule has 18 heavy (non-hydrogen) atoms. The van der Waals surface area contributed by atoms with Gasteiger partial charge in [0.05, 0.1) is 0 Å². The highest BCUT2D eigenvalue weighted by Crippen LogP contribution is 2.48. The molecule has 1 aromatic rings. The van der Waals surface area contributed by atoms with Crippen molar-refractivity contribution in [3.8, 4) is 0 Å². The fraction of sp³-hybridized carbons (Fsp3) is 0.667. The summed E-state index contributed by atoms with van der Waals surface area (Å²) in [7, 11) is 0. The minimum Gasteiger partial charge on any atom is -0.257 e. The molecule has 1 atom stereocenters. The lowest BCUT2D eigenvalue weighted by Gasteiger charge is -2.47. The van der Waals surface area contributed by atoms with Gasteiger partial charge >= 0.3 is 0 Å². The summed E-state index contributed by atoms with van der Waals surface area (Å²) in [6, 6.07) is 1.80. The quantitative estimate of drug-likeness (QED) is 0.776. The van der Waals surface area contributed by atoms with Crippen LogP contribution in [0.25, 0.3) is 0 Å². The Morgan fingerprint density at radius 2 is 2.00 bits per heavy atom. The minimum atomic E-state index is -0.250. The molecule has 0 radical (unpaired) electrons. The SMILES string of the molecule is c1cnc(N2NOC3(CC4CCC3CC4)N2)nc1. The van der Waals surface area contributed by atoms with E-state index in [1.54, 1.807) is 23.6 Å². The number of rotatable bonds is 1. The minimum absolute atomic E-state index is 0.250. The summed E-state index contributed by atoms with van der Waals surface area (Å²) >= 11 is 0. The van der Waals surface area contributed by atoms with E-state index in [0.29, 0.717) is 11.9 Å². The number of hydrogen-bond acceptors (Lipinski definition) is 6. The molecule has 2 N–H and O–H groups in total. The molecule has 0 aromatic carbocycles. The van der Waals surface area contributed by atoms with E-state index in [9.17, 15) is 0 Å². The molecule has 3 saturated carbocycles. The molecule has 1 saturated heterocycles. The van der Waals surface area contributed by atoms with Gasteiger partial charge in [0, 0.05) is 18.3 Å². The van der Waals surface area contributed by atoms with Gasteiger partial charge in [-0.3, -0.25) is 4.84 Å². The molecule has 3 aliphatic carbocycles. The van der Waals surface area contributed by atoms with Crippen molar-refractivity contribution < 1.29 is 4.84 Å². The van der Waals surface area contributed by atoms with Crippen molar-refractivity contribution in [2.24, 2.45) is 11.8 Å². The Bertz CT molecular complexity index is 433. The highest BCUT2D eigenvalue weighted by molar-refractivity contribution is 5.25. The Morgan fingerprint density at radius 3 is 2.67 bits per heavy atom. The summed E-state index contributed by atoms with van der Waals surface area (Å²) in [5.74, 6) is 1.97. The first-order chi connectivity index (χ1) is 8.86. The lowest BCUT2D eigenvalue weighted by Crippen LogP contribution is -2.57. The second kappa shape index (κ2) is 3.88. The number of hydrazine groups is 2. The smallest absolute Gasteiger partial charge is 0.257 e. The van der Waals surface area contributed by atoms with Crippen LogP contribution in [0.2, 0.25) is 0 Å². The Kier molecular flexibility index (Phi) is 2.30. The van der Waals surface area contributed by atoms with Crippen LogP contribution in [0.5, 0.6) is 0 Å². The van der Waals surface area contributed by atoms with Crippen LogP contribution < -0.4 is 16.1 Å². The standard InChI is InChI=1S/C12H17N5O/c1-6-13-11(14-7-1)17-15-12(18-16-17)8-9-2-4-10(12)5-3-9/h1,6-7,9-10,15-16H,2-5,8H2. The Labute approximate surface area is 106 Å². The molecule has 6 heteroatoms. The first kappa shape index (κ1) is 10.7. The van der Waals surface area contributed by atoms with E-state index in [0.717, 1.165) is 12.3 Å². The predicted octanol–water partition coefficient (Wildman–Crippen LogP) is 1.14. The first-order valence-corrected chi connectivity index (χ1v) is 6.64. The summed E-state index contributed by atoms with van der Waals surface area (Å²) in [5, 5.41) is 1.70. The molecular weight excluding hydrogens is 230 g/mol. The van der Waals surface area contributed by atoms with Crippen molar-refractivity contribution in [3.63, 3.8) is 0 Å². The van der Waals surface area contributed by atoms with Gasteiger partial charge in [0.25, 0.3) is 5.95 Å². The van der Waals surface area contributed by atoms with Gasteiger partial charge in [0.1, 0.15) is 0 Å². The highest BCUT2D eigenvalue weighted by Gasteiger charge is 2.53. The Hall–Kier alpha value is -1.24. The fourth-order valence-corrected chi connectivity index (χ4v) is 3.55. The van der Waals surface area contributed by atoms with Crippen LogP contribution in [-0.4, -0.2) is 15.7 Å². The highest BCUT2D eigenvalue weighted by atomic mass is 16.7. The van der Waals surface area contributed by atoms with E-state index in [4.69, 9.17) is 4.84 Å². The number of nitrogens with one attached hydrogen (secondary N) is 2. The molecular formula is C12H17N5O. The van der Waals surface area contributed by atoms with Gasteiger partial charge in [-0.25, -0.2) is 9.97 Å². The summed E-state index contributed by atoms with van der Waals surface area (Å²) in [4.78, 5) is 14.3. The second-order valence-electron chi connectivity index (χ2n) is 5.50. The third kappa shape index (κ3) is 1.53. The van der Waals surface area contributed by atoms with Crippen LogP contribution in [-0.2, 0) is 4.84 Å². The second-order valence-corrected chi connectivity index (χ2v) is 5.50. The third-order valence-electron chi connectivity index (χ3n) is 4.47. The lowest BCUT2D eigenvalue weighted by molar-refractivity contribution is -0.153. The zero-order chi connectivity index (χ0) is 12.0. The molecule has 0 amide bonds. The van der Waals surface area contributed by atoms with Crippen molar-refractivity contribution in [3.05, 3.63) is 18.5 Å². The predicted molar refractivity (Wildman–Crippen MR) is 64.7 cm³/mol. The summed E-state index contributed by atoms with van der Waals surface area (Å²) in [6.45, 7) is 0. The monoisotopic (exact) mass is 247 g/mol. The average Bonchev–Trinajstić information content (AvgIpc) is 2.85. The molecule has 5 rings (SSSR count).